The predicted molar refractivity (Wildman–Crippen MR) is 64.0 cm³/mol. The van der Waals surface area contributed by atoms with Crippen molar-refractivity contribution in [3.05, 3.63) is 23.4 Å². The number of hydrogen-bond acceptors (Lipinski definition) is 2. The lowest BCUT2D eigenvalue weighted by atomic mass is 10.2. The van der Waals surface area contributed by atoms with E-state index in [-0.39, 0.29) is 0 Å². The van der Waals surface area contributed by atoms with Crippen LogP contribution in [0.5, 0.6) is 0 Å². The molecule has 1 aromatic heterocycles. The van der Waals surface area contributed by atoms with E-state index >= 15 is 0 Å². The molecule has 2 aromatic rings. The van der Waals surface area contributed by atoms with Crippen LogP contribution in [0.25, 0.3) is 10.9 Å². The quantitative estimate of drug-likeness (QED) is 0.796. The molecule has 0 radical (unpaired) electrons. The Labute approximate surface area is 93.8 Å². The molecule has 1 heterocycles. The lowest BCUT2D eigenvalue weighted by Crippen LogP contribution is -2.05. The first-order valence-electron chi connectivity index (χ1n) is 5.00. The predicted octanol–water partition coefficient (Wildman–Crippen LogP) is 2.93. The lowest BCUT2D eigenvalue weighted by molar-refractivity contribution is 0.495. The lowest BCUT2D eigenvalue weighted by Gasteiger charge is -2.06. The fourth-order valence-corrected chi connectivity index (χ4v) is 1.99. The minimum Gasteiger partial charge on any atom is -0.398 e. The standard InChI is InChI=1S/C11H14ClN3/c1-7(2)6-15-9-5-3-4-8(13)10(9)11(12)14-15/h3-5,7H,6,13H2,1-2H3. The van der Waals surface area contributed by atoms with E-state index < -0.39 is 0 Å². The summed E-state index contributed by atoms with van der Waals surface area (Å²) in [7, 11) is 0. The molecule has 0 atom stereocenters. The zero-order chi connectivity index (χ0) is 11.0. The number of hydrogen-bond donors (Lipinski definition) is 1. The van der Waals surface area contributed by atoms with E-state index in [4.69, 9.17) is 17.3 Å². The number of nitrogen functional groups attached to an aromatic ring is 1. The summed E-state index contributed by atoms with van der Waals surface area (Å²) in [5.41, 5.74) is 7.56. The Kier molecular flexibility index (Phi) is 2.57. The van der Waals surface area contributed by atoms with Crippen molar-refractivity contribution in [2.24, 2.45) is 5.92 Å². The number of fused-ring (bicyclic) bond motifs is 1. The van der Waals surface area contributed by atoms with E-state index in [9.17, 15) is 0 Å². The minimum absolute atomic E-state index is 0.490. The second kappa shape index (κ2) is 3.74. The van der Waals surface area contributed by atoms with E-state index in [0.717, 1.165) is 17.4 Å². The molecular weight excluding hydrogens is 210 g/mol. The second-order valence-electron chi connectivity index (χ2n) is 4.11. The molecule has 3 nitrogen and oxygen atoms in total. The Bertz CT molecular complexity index is 488. The Morgan fingerprint density at radius 2 is 2.20 bits per heavy atom. The molecule has 0 fully saturated rings. The normalized spacial score (nSPS) is 11.5. The van der Waals surface area contributed by atoms with Crippen LogP contribution in [0.15, 0.2) is 18.2 Å². The molecule has 15 heavy (non-hydrogen) atoms. The minimum atomic E-state index is 0.490. The van der Waals surface area contributed by atoms with Crippen LogP contribution in [0.1, 0.15) is 13.8 Å². The van der Waals surface area contributed by atoms with Crippen LogP contribution in [0, 0.1) is 5.92 Å². The average molecular weight is 224 g/mol. The SMILES string of the molecule is CC(C)Cn1nc(Cl)c2c(N)cccc21. The van der Waals surface area contributed by atoms with Gasteiger partial charge < -0.3 is 5.73 Å². The molecule has 0 aliphatic heterocycles. The number of rotatable bonds is 2. The van der Waals surface area contributed by atoms with Gasteiger partial charge in [0, 0.05) is 12.2 Å². The Hall–Kier alpha value is -1.22. The third kappa shape index (κ3) is 1.79. The summed E-state index contributed by atoms with van der Waals surface area (Å²) < 4.78 is 1.92. The van der Waals surface area contributed by atoms with Crippen LogP contribution in [0.3, 0.4) is 0 Å². The highest BCUT2D eigenvalue weighted by Crippen LogP contribution is 2.28. The molecule has 0 aliphatic carbocycles. The number of benzene rings is 1. The van der Waals surface area contributed by atoms with Crippen molar-refractivity contribution in [2.75, 3.05) is 5.73 Å². The van der Waals surface area contributed by atoms with Gasteiger partial charge in [0.2, 0.25) is 0 Å². The van der Waals surface area contributed by atoms with Gasteiger partial charge in [0.1, 0.15) is 0 Å². The number of anilines is 1. The molecule has 80 valence electrons. The third-order valence-electron chi connectivity index (χ3n) is 2.31. The first-order valence-corrected chi connectivity index (χ1v) is 5.38. The first kappa shape index (κ1) is 10.3. The van der Waals surface area contributed by atoms with Crippen molar-refractivity contribution in [3.63, 3.8) is 0 Å². The van der Waals surface area contributed by atoms with Gasteiger partial charge in [0.25, 0.3) is 0 Å². The molecule has 0 amide bonds. The molecule has 0 spiro atoms. The molecule has 1 aromatic carbocycles. The number of nitrogens with two attached hydrogens (primary N) is 1. The maximum Gasteiger partial charge on any atom is 0.161 e. The fraction of sp³-hybridized carbons (Fsp3) is 0.364. The zero-order valence-corrected chi connectivity index (χ0v) is 9.62. The molecular formula is C11H14ClN3. The molecule has 2 N–H and O–H groups in total. The monoisotopic (exact) mass is 223 g/mol. The zero-order valence-electron chi connectivity index (χ0n) is 8.87. The summed E-state index contributed by atoms with van der Waals surface area (Å²) in [5.74, 6) is 0.533. The van der Waals surface area contributed by atoms with Crippen molar-refractivity contribution in [2.45, 2.75) is 20.4 Å². The number of aromatic nitrogens is 2. The van der Waals surface area contributed by atoms with E-state index in [1.165, 1.54) is 0 Å². The summed E-state index contributed by atoms with van der Waals surface area (Å²) in [6.07, 6.45) is 0. The van der Waals surface area contributed by atoms with Crippen LogP contribution in [0.2, 0.25) is 5.15 Å². The number of nitrogens with zero attached hydrogens (tertiary/aromatic N) is 2. The third-order valence-corrected chi connectivity index (χ3v) is 2.57. The molecule has 0 saturated carbocycles. The highest BCUT2D eigenvalue weighted by molar-refractivity contribution is 6.35. The van der Waals surface area contributed by atoms with Crippen LogP contribution in [0.4, 0.5) is 5.69 Å². The summed E-state index contributed by atoms with van der Waals surface area (Å²) in [6, 6.07) is 5.76. The smallest absolute Gasteiger partial charge is 0.161 e. The Morgan fingerprint density at radius 3 is 2.87 bits per heavy atom. The molecule has 2 rings (SSSR count). The summed E-state index contributed by atoms with van der Waals surface area (Å²) in [4.78, 5) is 0. The van der Waals surface area contributed by atoms with Gasteiger partial charge in [-0.1, -0.05) is 31.5 Å². The molecule has 0 bridgehead atoms. The first-order chi connectivity index (χ1) is 7.09. The average Bonchev–Trinajstić information content (AvgIpc) is 2.44. The highest BCUT2D eigenvalue weighted by atomic mass is 35.5. The maximum absolute atomic E-state index is 6.05. The maximum atomic E-state index is 6.05. The van der Waals surface area contributed by atoms with Crippen LogP contribution < -0.4 is 5.73 Å². The topological polar surface area (TPSA) is 43.8 Å². The van der Waals surface area contributed by atoms with Crippen molar-refractivity contribution < 1.29 is 0 Å². The van der Waals surface area contributed by atoms with Gasteiger partial charge in [-0.15, -0.1) is 0 Å². The van der Waals surface area contributed by atoms with E-state index in [1.807, 2.05) is 22.9 Å². The molecule has 4 heteroatoms. The van der Waals surface area contributed by atoms with Gasteiger partial charge in [0.05, 0.1) is 10.9 Å². The van der Waals surface area contributed by atoms with Gasteiger partial charge >= 0.3 is 0 Å². The molecule has 0 aliphatic rings. The summed E-state index contributed by atoms with van der Waals surface area (Å²) in [5, 5.41) is 5.64. The molecule has 0 saturated heterocycles. The van der Waals surface area contributed by atoms with Crippen molar-refractivity contribution in [1.82, 2.24) is 9.78 Å². The highest BCUT2D eigenvalue weighted by Gasteiger charge is 2.11. The van der Waals surface area contributed by atoms with Crippen molar-refractivity contribution in [1.29, 1.82) is 0 Å². The fourth-order valence-electron chi connectivity index (χ4n) is 1.69. The van der Waals surface area contributed by atoms with E-state index in [0.29, 0.717) is 16.8 Å². The Morgan fingerprint density at radius 1 is 1.47 bits per heavy atom. The van der Waals surface area contributed by atoms with Crippen LogP contribution >= 0.6 is 11.6 Å². The van der Waals surface area contributed by atoms with E-state index in [2.05, 4.69) is 18.9 Å². The van der Waals surface area contributed by atoms with Crippen LogP contribution in [-0.2, 0) is 6.54 Å². The largest absolute Gasteiger partial charge is 0.398 e. The molecule has 0 unspecified atom stereocenters. The van der Waals surface area contributed by atoms with E-state index in [1.54, 1.807) is 0 Å². The van der Waals surface area contributed by atoms with Gasteiger partial charge in [0.15, 0.2) is 5.15 Å². The second-order valence-corrected chi connectivity index (χ2v) is 4.47. The summed E-state index contributed by atoms with van der Waals surface area (Å²) >= 11 is 6.05. The Balaban J connectivity index is 2.63. The van der Waals surface area contributed by atoms with Crippen molar-refractivity contribution >= 4 is 28.2 Å². The van der Waals surface area contributed by atoms with Gasteiger partial charge in [-0.3, -0.25) is 4.68 Å². The van der Waals surface area contributed by atoms with Crippen LogP contribution in [-0.4, -0.2) is 9.78 Å². The van der Waals surface area contributed by atoms with Gasteiger partial charge in [-0.25, -0.2) is 0 Å². The van der Waals surface area contributed by atoms with Gasteiger partial charge in [-0.05, 0) is 18.1 Å². The van der Waals surface area contributed by atoms with Gasteiger partial charge in [-0.2, -0.15) is 5.10 Å². The summed E-state index contributed by atoms with van der Waals surface area (Å²) in [6.45, 7) is 5.15. The number of halogens is 1. The van der Waals surface area contributed by atoms with Crippen molar-refractivity contribution in [3.8, 4) is 0 Å².